The highest BCUT2D eigenvalue weighted by Crippen LogP contribution is 2.42. The smallest absolute Gasteiger partial charge is 0.271 e. The number of piperazine rings is 1. The first-order valence-corrected chi connectivity index (χ1v) is 8.90. The molecular weight excluding hydrogens is 453 g/mol. The van der Waals surface area contributed by atoms with Crippen molar-refractivity contribution in [1.82, 2.24) is 10.2 Å². The fourth-order valence-corrected chi connectivity index (χ4v) is 4.18. The van der Waals surface area contributed by atoms with Gasteiger partial charge in [-0.2, -0.15) is 0 Å². The molecule has 2 heterocycles. The molecule has 0 spiro atoms. The molecule has 1 atom stereocenters. The number of thiophene rings is 1. The number of hydrogen-bond donors (Lipinski definition) is 2. The van der Waals surface area contributed by atoms with E-state index in [-0.39, 0.29) is 42.3 Å². The topological polar surface area (TPSA) is 78.6 Å². The van der Waals surface area contributed by atoms with Crippen LogP contribution in [0.3, 0.4) is 0 Å². The van der Waals surface area contributed by atoms with Gasteiger partial charge in [0.2, 0.25) is 0 Å². The van der Waals surface area contributed by atoms with Crippen molar-refractivity contribution in [2.45, 2.75) is 6.04 Å². The van der Waals surface area contributed by atoms with E-state index in [0.717, 1.165) is 31.1 Å². The number of nitro groups is 1. The van der Waals surface area contributed by atoms with Crippen molar-refractivity contribution >= 4 is 57.8 Å². The fraction of sp³-hybridized carbons (Fsp3) is 0.333. The predicted molar refractivity (Wildman–Crippen MR) is 108 cm³/mol. The van der Waals surface area contributed by atoms with Gasteiger partial charge in [-0.3, -0.25) is 15.0 Å². The normalized spacial score (nSPS) is 15.7. The van der Waals surface area contributed by atoms with E-state index in [1.54, 1.807) is 11.3 Å². The third kappa shape index (κ3) is 4.84. The average molecular weight is 471 g/mol. The molecule has 1 aliphatic rings. The Hall–Kier alpha value is -0.900. The molecule has 138 valence electrons. The van der Waals surface area contributed by atoms with Gasteiger partial charge in [0.15, 0.2) is 0 Å². The first-order chi connectivity index (χ1) is 11.1. The third-order valence-electron chi connectivity index (χ3n) is 3.91. The molecule has 1 aromatic heterocycles. The Labute approximate surface area is 170 Å². The second-order valence-corrected chi connectivity index (χ2v) is 7.16. The monoisotopic (exact) mass is 469 g/mol. The van der Waals surface area contributed by atoms with Crippen LogP contribution in [0.5, 0.6) is 5.75 Å². The SMILES string of the molecule is Cl.Cl.O=[N+]([O-])c1cc(Br)c(O)c([C@@H](c2cccs2)N2CCNCC2)c1. The highest BCUT2D eigenvalue weighted by Gasteiger charge is 2.29. The van der Waals surface area contributed by atoms with Gasteiger partial charge in [-0.1, -0.05) is 6.07 Å². The van der Waals surface area contributed by atoms with Crippen LogP contribution in [-0.4, -0.2) is 41.1 Å². The molecule has 0 saturated carbocycles. The first-order valence-electron chi connectivity index (χ1n) is 7.23. The van der Waals surface area contributed by atoms with Crippen molar-refractivity contribution in [2.75, 3.05) is 26.2 Å². The summed E-state index contributed by atoms with van der Waals surface area (Å²) < 4.78 is 0.346. The number of nitrogens with zero attached hydrogens (tertiary/aromatic N) is 2. The molecule has 0 bridgehead atoms. The molecule has 6 nitrogen and oxygen atoms in total. The second-order valence-electron chi connectivity index (χ2n) is 5.33. The van der Waals surface area contributed by atoms with E-state index in [1.807, 2.05) is 17.5 Å². The number of nitrogens with one attached hydrogen (secondary N) is 1. The number of hydrogen-bond acceptors (Lipinski definition) is 6. The van der Waals surface area contributed by atoms with Crippen molar-refractivity contribution in [3.05, 3.63) is 54.7 Å². The molecule has 2 aromatic rings. The van der Waals surface area contributed by atoms with Crippen LogP contribution >= 0.6 is 52.1 Å². The van der Waals surface area contributed by atoms with Crippen molar-refractivity contribution in [1.29, 1.82) is 0 Å². The highest BCUT2D eigenvalue weighted by molar-refractivity contribution is 9.10. The van der Waals surface area contributed by atoms with Crippen LogP contribution in [0.15, 0.2) is 34.1 Å². The van der Waals surface area contributed by atoms with E-state index in [2.05, 4.69) is 26.1 Å². The van der Waals surface area contributed by atoms with Gasteiger partial charge in [0.25, 0.3) is 5.69 Å². The first kappa shape index (κ1) is 22.1. The standard InChI is InChI=1S/C15H16BrN3O3S.2ClH/c16-12-9-10(19(21)22)8-11(15(12)20)14(13-2-1-7-23-13)18-5-3-17-4-6-18;;/h1-2,7-9,14,17,20H,3-6H2;2*1H/t14-;;/m0../s1. The van der Waals surface area contributed by atoms with Gasteiger partial charge in [0.05, 0.1) is 15.4 Å². The molecule has 1 fully saturated rings. The van der Waals surface area contributed by atoms with Crippen LogP contribution in [0.4, 0.5) is 5.69 Å². The number of non-ortho nitro benzene ring substituents is 1. The van der Waals surface area contributed by atoms with Crippen LogP contribution in [0.2, 0.25) is 0 Å². The Morgan fingerprint density at radius 1 is 1.32 bits per heavy atom. The van der Waals surface area contributed by atoms with E-state index < -0.39 is 4.92 Å². The summed E-state index contributed by atoms with van der Waals surface area (Å²) >= 11 is 4.83. The largest absolute Gasteiger partial charge is 0.506 e. The lowest BCUT2D eigenvalue weighted by Crippen LogP contribution is -2.45. The summed E-state index contributed by atoms with van der Waals surface area (Å²) in [6, 6.07) is 6.59. The quantitative estimate of drug-likeness (QED) is 0.522. The average Bonchev–Trinajstić information content (AvgIpc) is 3.06. The molecule has 3 rings (SSSR count). The molecular formula is C15H18BrCl2N3O3S. The van der Waals surface area contributed by atoms with Crippen LogP contribution < -0.4 is 5.32 Å². The van der Waals surface area contributed by atoms with Gasteiger partial charge in [0, 0.05) is 48.8 Å². The summed E-state index contributed by atoms with van der Waals surface area (Å²) in [5, 5.41) is 27.0. The zero-order chi connectivity index (χ0) is 16.4. The predicted octanol–water partition coefficient (Wildman–Crippen LogP) is 3.96. The lowest BCUT2D eigenvalue weighted by atomic mass is 10.0. The lowest BCUT2D eigenvalue weighted by molar-refractivity contribution is -0.385. The Kier molecular flexibility index (Phi) is 8.59. The number of halogens is 3. The second kappa shape index (κ2) is 9.70. The lowest BCUT2D eigenvalue weighted by Gasteiger charge is -2.35. The number of phenolic OH excluding ortho intramolecular Hbond substituents is 1. The van der Waals surface area contributed by atoms with E-state index in [1.165, 1.54) is 12.1 Å². The summed E-state index contributed by atoms with van der Waals surface area (Å²) in [6.45, 7) is 3.36. The maximum atomic E-state index is 11.2. The van der Waals surface area contributed by atoms with E-state index in [9.17, 15) is 15.2 Å². The summed E-state index contributed by atoms with van der Waals surface area (Å²) in [7, 11) is 0. The van der Waals surface area contributed by atoms with Gasteiger partial charge >= 0.3 is 0 Å². The molecule has 0 radical (unpaired) electrons. The Bertz CT molecular complexity index is 712. The van der Waals surface area contributed by atoms with Crippen molar-refractivity contribution in [3.63, 3.8) is 0 Å². The molecule has 0 unspecified atom stereocenters. The number of aromatic hydroxyl groups is 1. The summed E-state index contributed by atoms with van der Waals surface area (Å²) in [4.78, 5) is 14.1. The molecule has 1 aromatic carbocycles. The Morgan fingerprint density at radius 3 is 2.56 bits per heavy atom. The molecule has 0 amide bonds. The molecule has 10 heteroatoms. The Balaban J connectivity index is 0.00000156. The van der Waals surface area contributed by atoms with Gasteiger partial charge in [0.1, 0.15) is 5.75 Å². The minimum Gasteiger partial charge on any atom is -0.506 e. The maximum absolute atomic E-state index is 11.2. The summed E-state index contributed by atoms with van der Waals surface area (Å²) in [5.74, 6) is 0.0625. The van der Waals surface area contributed by atoms with Crippen LogP contribution in [0.1, 0.15) is 16.5 Å². The van der Waals surface area contributed by atoms with E-state index in [4.69, 9.17) is 0 Å². The zero-order valence-electron chi connectivity index (χ0n) is 13.1. The number of benzene rings is 1. The number of rotatable bonds is 4. The molecule has 1 aliphatic heterocycles. The van der Waals surface area contributed by atoms with Crippen LogP contribution in [0.25, 0.3) is 0 Å². The Morgan fingerprint density at radius 2 is 2.00 bits per heavy atom. The highest BCUT2D eigenvalue weighted by atomic mass is 79.9. The zero-order valence-corrected chi connectivity index (χ0v) is 17.1. The van der Waals surface area contributed by atoms with Crippen molar-refractivity contribution in [3.8, 4) is 5.75 Å². The minimum atomic E-state index is -0.434. The van der Waals surface area contributed by atoms with Crippen LogP contribution in [-0.2, 0) is 0 Å². The minimum absolute atomic E-state index is 0. The number of nitro benzene ring substituents is 1. The number of phenols is 1. The van der Waals surface area contributed by atoms with Gasteiger partial charge in [-0.15, -0.1) is 36.2 Å². The molecule has 1 saturated heterocycles. The summed E-state index contributed by atoms with van der Waals surface area (Å²) in [5.41, 5.74) is 0.539. The van der Waals surface area contributed by atoms with Crippen molar-refractivity contribution in [2.24, 2.45) is 0 Å². The van der Waals surface area contributed by atoms with Gasteiger partial charge in [-0.05, 0) is 27.4 Å². The molecule has 0 aliphatic carbocycles. The van der Waals surface area contributed by atoms with E-state index >= 15 is 0 Å². The summed E-state index contributed by atoms with van der Waals surface area (Å²) in [6.07, 6.45) is 0. The fourth-order valence-electron chi connectivity index (χ4n) is 2.84. The maximum Gasteiger partial charge on any atom is 0.271 e. The van der Waals surface area contributed by atoms with Gasteiger partial charge in [-0.25, -0.2) is 0 Å². The third-order valence-corrected chi connectivity index (χ3v) is 5.44. The molecule has 25 heavy (non-hydrogen) atoms. The van der Waals surface area contributed by atoms with Crippen LogP contribution in [0, 0.1) is 10.1 Å². The van der Waals surface area contributed by atoms with Gasteiger partial charge < -0.3 is 10.4 Å². The van der Waals surface area contributed by atoms with E-state index in [0.29, 0.717) is 10.0 Å². The van der Waals surface area contributed by atoms with Crippen molar-refractivity contribution < 1.29 is 10.0 Å². The molecule has 2 N–H and O–H groups in total.